The molecule has 1 aliphatic heterocycles. The van der Waals surface area contributed by atoms with Crippen LogP contribution in [0.15, 0.2) is 6.07 Å². The molecule has 0 saturated carbocycles. The number of nitrogens with zero attached hydrogens (tertiary/aromatic N) is 2. The van der Waals surface area contributed by atoms with E-state index in [1.165, 1.54) is 0 Å². The molecule has 0 bridgehead atoms. The second kappa shape index (κ2) is 5.91. The van der Waals surface area contributed by atoms with E-state index in [4.69, 9.17) is 9.47 Å². The average Bonchev–Trinajstić information content (AvgIpc) is 2.39. The lowest BCUT2D eigenvalue weighted by Gasteiger charge is -2.21. The Morgan fingerprint density at radius 3 is 2.83 bits per heavy atom. The summed E-state index contributed by atoms with van der Waals surface area (Å²) < 4.78 is 10.3. The van der Waals surface area contributed by atoms with Gasteiger partial charge in [-0.15, -0.1) is 0 Å². The molecule has 0 N–H and O–H groups in total. The molecule has 1 aliphatic rings. The molecule has 1 fully saturated rings. The van der Waals surface area contributed by atoms with Crippen molar-refractivity contribution in [3.8, 4) is 0 Å². The Balaban J connectivity index is 2.22. The van der Waals surface area contributed by atoms with Crippen molar-refractivity contribution in [1.29, 1.82) is 0 Å². The summed E-state index contributed by atoms with van der Waals surface area (Å²) in [5.41, 5.74) is 1.73. The van der Waals surface area contributed by atoms with Gasteiger partial charge in [-0.3, -0.25) is 0 Å². The van der Waals surface area contributed by atoms with Gasteiger partial charge in [-0.25, -0.2) is 14.8 Å². The predicted molar refractivity (Wildman–Crippen MR) is 65.5 cm³/mol. The Morgan fingerprint density at radius 2 is 2.17 bits per heavy atom. The van der Waals surface area contributed by atoms with Crippen molar-refractivity contribution in [2.75, 3.05) is 19.8 Å². The van der Waals surface area contributed by atoms with Gasteiger partial charge in [0.05, 0.1) is 6.61 Å². The second-order valence-corrected chi connectivity index (χ2v) is 4.36. The highest BCUT2D eigenvalue weighted by atomic mass is 16.5. The fourth-order valence-corrected chi connectivity index (χ4v) is 2.08. The molecule has 5 heteroatoms. The van der Waals surface area contributed by atoms with Gasteiger partial charge in [0.1, 0.15) is 0 Å². The highest BCUT2D eigenvalue weighted by Gasteiger charge is 2.20. The molecule has 0 unspecified atom stereocenters. The fourth-order valence-electron chi connectivity index (χ4n) is 2.08. The van der Waals surface area contributed by atoms with E-state index in [2.05, 4.69) is 9.97 Å². The zero-order valence-corrected chi connectivity index (χ0v) is 10.8. The Kier molecular flexibility index (Phi) is 4.25. The van der Waals surface area contributed by atoms with E-state index in [1.54, 1.807) is 6.92 Å². The number of carbonyl (C=O) groups excluding carboxylic acids is 1. The monoisotopic (exact) mass is 250 g/mol. The van der Waals surface area contributed by atoms with E-state index in [1.807, 2.05) is 13.0 Å². The minimum atomic E-state index is -0.450. The van der Waals surface area contributed by atoms with Crippen molar-refractivity contribution in [2.24, 2.45) is 0 Å². The highest BCUT2D eigenvalue weighted by Crippen LogP contribution is 2.25. The largest absolute Gasteiger partial charge is 0.460 e. The number of hydrogen-bond donors (Lipinski definition) is 0. The highest BCUT2D eigenvalue weighted by molar-refractivity contribution is 5.85. The first-order valence-electron chi connectivity index (χ1n) is 6.31. The van der Waals surface area contributed by atoms with Gasteiger partial charge in [-0.1, -0.05) is 0 Å². The lowest BCUT2D eigenvalue weighted by Crippen LogP contribution is -2.18. The van der Waals surface area contributed by atoms with E-state index in [0.717, 1.165) is 37.4 Å². The zero-order valence-electron chi connectivity index (χ0n) is 10.8. The number of ether oxygens (including phenoxy) is 2. The number of carbonyl (C=O) groups is 1. The third-order valence-corrected chi connectivity index (χ3v) is 2.97. The molecule has 0 atom stereocenters. The molecule has 1 saturated heterocycles. The van der Waals surface area contributed by atoms with E-state index in [0.29, 0.717) is 12.5 Å². The number of hydrogen-bond acceptors (Lipinski definition) is 5. The van der Waals surface area contributed by atoms with Gasteiger partial charge >= 0.3 is 5.97 Å². The third kappa shape index (κ3) is 3.04. The van der Waals surface area contributed by atoms with Crippen molar-refractivity contribution >= 4 is 5.97 Å². The van der Waals surface area contributed by atoms with Gasteiger partial charge in [0.15, 0.2) is 0 Å². The molecule has 2 rings (SSSR count). The molecule has 5 nitrogen and oxygen atoms in total. The molecule has 0 spiro atoms. The van der Waals surface area contributed by atoms with Gasteiger partial charge in [0, 0.05) is 30.5 Å². The van der Waals surface area contributed by atoms with Crippen LogP contribution in [0, 0.1) is 6.92 Å². The van der Waals surface area contributed by atoms with Crippen LogP contribution in [0.25, 0.3) is 0 Å². The smallest absolute Gasteiger partial charge is 0.376 e. The molecule has 0 radical (unpaired) electrons. The van der Waals surface area contributed by atoms with E-state index < -0.39 is 5.97 Å². The molecule has 2 heterocycles. The summed E-state index contributed by atoms with van der Waals surface area (Å²) in [6, 6.07) is 1.94. The molecule has 98 valence electrons. The first-order chi connectivity index (χ1) is 8.70. The van der Waals surface area contributed by atoms with Crippen molar-refractivity contribution in [3.63, 3.8) is 0 Å². The third-order valence-electron chi connectivity index (χ3n) is 2.97. The molecule has 1 aromatic heterocycles. The first-order valence-corrected chi connectivity index (χ1v) is 6.31. The average molecular weight is 250 g/mol. The van der Waals surface area contributed by atoms with E-state index in [9.17, 15) is 4.79 Å². The van der Waals surface area contributed by atoms with Crippen LogP contribution in [-0.4, -0.2) is 35.8 Å². The number of rotatable bonds is 3. The quantitative estimate of drug-likeness (QED) is 0.766. The standard InChI is InChI=1S/C13H18N2O3/c1-3-18-13(16)12-14-9(2)8-11(15-12)10-4-6-17-7-5-10/h8,10H,3-7H2,1-2H3. The maximum absolute atomic E-state index is 11.7. The predicted octanol–water partition coefficient (Wildman–Crippen LogP) is 1.86. The SMILES string of the molecule is CCOC(=O)c1nc(C)cc(C2CCOCC2)n1. The minimum Gasteiger partial charge on any atom is -0.460 e. The molecule has 0 amide bonds. The van der Waals surface area contributed by atoms with Gasteiger partial charge in [0.25, 0.3) is 0 Å². The van der Waals surface area contributed by atoms with Crippen LogP contribution in [0.4, 0.5) is 0 Å². The van der Waals surface area contributed by atoms with Crippen LogP contribution < -0.4 is 0 Å². The molecular weight excluding hydrogens is 232 g/mol. The number of aromatic nitrogens is 2. The van der Waals surface area contributed by atoms with Crippen molar-refractivity contribution in [2.45, 2.75) is 32.6 Å². The van der Waals surface area contributed by atoms with Crippen molar-refractivity contribution in [3.05, 3.63) is 23.3 Å². The Hall–Kier alpha value is -1.49. The summed E-state index contributed by atoms with van der Waals surface area (Å²) in [6.07, 6.45) is 1.89. The summed E-state index contributed by atoms with van der Waals surface area (Å²) in [4.78, 5) is 20.1. The number of esters is 1. The maximum atomic E-state index is 11.7. The topological polar surface area (TPSA) is 61.3 Å². The normalized spacial score (nSPS) is 16.6. The summed E-state index contributed by atoms with van der Waals surface area (Å²) >= 11 is 0. The molecular formula is C13H18N2O3. The van der Waals surface area contributed by atoms with Crippen LogP contribution in [0.2, 0.25) is 0 Å². The van der Waals surface area contributed by atoms with E-state index >= 15 is 0 Å². The van der Waals surface area contributed by atoms with Crippen LogP contribution >= 0.6 is 0 Å². The van der Waals surface area contributed by atoms with Crippen molar-refractivity contribution in [1.82, 2.24) is 9.97 Å². The zero-order chi connectivity index (χ0) is 13.0. The van der Waals surface area contributed by atoms with Crippen LogP contribution in [-0.2, 0) is 9.47 Å². The van der Waals surface area contributed by atoms with Crippen LogP contribution in [0.1, 0.15) is 47.7 Å². The lowest BCUT2D eigenvalue weighted by atomic mass is 9.96. The Labute approximate surface area is 107 Å². The molecule has 0 aromatic carbocycles. The fraction of sp³-hybridized carbons (Fsp3) is 0.615. The Morgan fingerprint density at radius 1 is 1.44 bits per heavy atom. The van der Waals surface area contributed by atoms with Gasteiger partial charge < -0.3 is 9.47 Å². The second-order valence-electron chi connectivity index (χ2n) is 4.36. The number of aryl methyl sites for hydroxylation is 1. The van der Waals surface area contributed by atoms with Crippen molar-refractivity contribution < 1.29 is 14.3 Å². The van der Waals surface area contributed by atoms with Crippen LogP contribution in [0.3, 0.4) is 0 Å². The summed E-state index contributed by atoms with van der Waals surface area (Å²) in [5, 5.41) is 0. The van der Waals surface area contributed by atoms with Gasteiger partial charge in [-0.2, -0.15) is 0 Å². The molecule has 18 heavy (non-hydrogen) atoms. The first kappa shape index (κ1) is 13.0. The maximum Gasteiger partial charge on any atom is 0.376 e. The minimum absolute atomic E-state index is 0.165. The summed E-state index contributed by atoms with van der Waals surface area (Å²) in [5.74, 6) is 0.0708. The Bertz CT molecular complexity index is 428. The van der Waals surface area contributed by atoms with Gasteiger partial charge in [-0.05, 0) is 32.8 Å². The summed E-state index contributed by atoms with van der Waals surface area (Å²) in [6.45, 7) is 5.48. The van der Waals surface area contributed by atoms with E-state index in [-0.39, 0.29) is 5.82 Å². The van der Waals surface area contributed by atoms with Gasteiger partial charge in [0.2, 0.25) is 5.82 Å². The molecule has 0 aliphatic carbocycles. The van der Waals surface area contributed by atoms with Crippen LogP contribution in [0.5, 0.6) is 0 Å². The summed E-state index contributed by atoms with van der Waals surface area (Å²) in [7, 11) is 0. The molecule has 1 aromatic rings. The lowest BCUT2D eigenvalue weighted by molar-refractivity contribution is 0.0510.